The van der Waals surface area contributed by atoms with E-state index < -0.39 is 0 Å². The van der Waals surface area contributed by atoms with Gasteiger partial charge in [-0.3, -0.25) is 9.78 Å². The molecule has 0 atom stereocenters. The highest BCUT2D eigenvalue weighted by Crippen LogP contribution is 2.28. The smallest absolute Gasteiger partial charge is 0.248 e. The molecule has 5 heteroatoms. The summed E-state index contributed by atoms with van der Waals surface area (Å²) in [4.78, 5) is 18.4. The molecule has 5 nitrogen and oxygen atoms in total. The summed E-state index contributed by atoms with van der Waals surface area (Å²) < 4.78 is 11.6. The highest BCUT2D eigenvalue weighted by Gasteiger charge is 2.23. The van der Waals surface area contributed by atoms with Gasteiger partial charge in [-0.05, 0) is 54.1 Å². The largest absolute Gasteiger partial charge is 0.490 e. The van der Waals surface area contributed by atoms with Gasteiger partial charge in [-0.25, -0.2) is 0 Å². The summed E-state index contributed by atoms with van der Waals surface area (Å²) in [6.07, 6.45) is 4.62. The minimum absolute atomic E-state index is 0.0811. The molecule has 1 amide bonds. The van der Waals surface area contributed by atoms with Crippen LogP contribution < -0.4 is 4.74 Å². The van der Waals surface area contributed by atoms with Crippen LogP contribution in [-0.2, 0) is 9.53 Å². The number of nitrogens with zero attached hydrogens (tertiary/aromatic N) is 2. The maximum Gasteiger partial charge on any atom is 0.248 e. The van der Waals surface area contributed by atoms with Crippen LogP contribution in [0.2, 0.25) is 0 Å². The summed E-state index contributed by atoms with van der Waals surface area (Å²) >= 11 is 0. The van der Waals surface area contributed by atoms with Gasteiger partial charge in [0, 0.05) is 49.8 Å². The lowest BCUT2D eigenvalue weighted by Crippen LogP contribution is -2.43. The van der Waals surface area contributed by atoms with Crippen LogP contribution in [0.1, 0.15) is 31.9 Å². The SMILES string of the molecule is CCCOCC(=O)N1CCC(Oc2ccc(-c3ccc4c(C)nccc4c3)cc2)CC1. The molecular formula is C26H30N2O3. The monoisotopic (exact) mass is 418 g/mol. The van der Waals surface area contributed by atoms with Crippen LogP contribution in [0.5, 0.6) is 5.75 Å². The molecule has 0 saturated carbocycles. The van der Waals surface area contributed by atoms with E-state index in [2.05, 4.69) is 41.4 Å². The van der Waals surface area contributed by atoms with Crippen molar-refractivity contribution in [2.24, 2.45) is 0 Å². The lowest BCUT2D eigenvalue weighted by Gasteiger charge is -2.32. The zero-order valence-corrected chi connectivity index (χ0v) is 18.3. The van der Waals surface area contributed by atoms with Crippen LogP contribution >= 0.6 is 0 Å². The molecule has 1 saturated heterocycles. The van der Waals surface area contributed by atoms with E-state index >= 15 is 0 Å². The first-order valence-corrected chi connectivity index (χ1v) is 11.1. The third-order valence-corrected chi connectivity index (χ3v) is 5.82. The van der Waals surface area contributed by atoms with E-state index in [1.54, 1.807) is 0 Å². The van der Waals surface area contributed by atoms with Gasteiger partial charge in [0.25, 0.3) is 0 Å². The number of aromatic nitrogens is 1. The standard InChI is InChI=1S/C26H30N2O3/c1-3-16-30-18-26(29)28-14-11-24(12-15-28)31-23-7-4-20(5-8-23)21-6-9-25-19(2)27-13-10-22(25)17-21/h4-10,13,17,24H,3,11-12,14-16,18H2,1-2H3. The second-order valence-corrected chi connectivity index (χ2v) is 8.11. The summed E-state index contributed by atoms with van der Waals surface area (Å²) in [6.45, 7) is 6.35. The van der Waals surface area contributed by atoms with Gasteiger partial charge in [0.1, 0.15) is 18.5 Å². The second-order valence-electron chi connectivity index (χ2n) is 8.11. The summed E-state index contributed by atoms with van der Waals surface area (Å²) in [6, 6.07) is 16.8. The molecular weight excluding hydrogens is 388 g/mol. The second kappa shape index (κ2) is 9.92. The van der Waals surface area contributed by atoms with E-state index in [4.69, 9.17) is 9.47 Å². The van der Waals surface area contributed by atoms with Crippen molar-refractivity contribution in [1.29, 1.82) is 0 Å². The fourth-order valence-electron chi connectivity index (χ4n) is 4.05. The zero-order valence-electron chi connectivity index (χ0n) is 18.3. The average molecular weight is 419 g/mol. The first-order valence-electron chi connectivity index (χ1n) is 11.1. The molecule has 31 heavy (non-hydrogen) atoms. The Bertz CT molecular complexity index is 1020. The fraction of sp³-hybridized carbons (Fsp3) is 0.385. The topological polar surface area (TPSA) is 51.7 Å². The maximum atomic E-state index is 12.2. The molecule has 0 aliphatic carbocycles. The first-order chi connectivity index (χ1) is 15.1. The number of aryl methyl sites for hydroxylation is 1. The van der Waals surface area contributed by atoms with Crippen LogP contribution in [0.15, 0.2) is 54.7 Å². The molecule has 0 bridgehead atoms. The Labute approximate surface area is 184 Å². The van der Waals surface area contributed by atoms with Gasteiger partial charge < -0.3 is 14.4 Å². The number of carbonyl (C=O) groups excluding carboxylic acids is 1. The predicted octanol–water partition coefficient (Wildman–Crippen LogP) is 5.01. The molecule has 2 aromatic carbocycles. The number of hydrogen-bond donors (Lipinski definition) is 0. The molecule has 2 heterocycles. The van der Waals surface area contributed by atoms with Gasteiger partial charge in [-0.15, -0.1) is 0 Å². The molecule has 1 aromatic heterocycles. The summed E-state index contributed by atoms with van der Waals surface area (Å²) in [5, 5.41) is 2.39. The van der Waals surface area contributed by atoms with E-state index in [1.165, 1.54) is 16.3 Å². The van der Waals surface area contributed by atoms with E-state index in [-0.39, 0.29) is 18.6 Å². The average Bonchev–Trinajstić information content (AvgIpc) is 2.80. The van der Waals surface area contributed by atoms with Crippen molar-refractivity contribution in [3.63, 3.8) is 0 Å². The van der Waals surface area contributed by atoms with Crippen molar-refractivity contribution in [2.45, 2.75) is 39.2 Å². The van der Waals surface area contributed by atoms with Gasteiger partial charge in [0.2, 0.25) is 5.91 Å². The van der Waals surface area contributed by atoms with Crippen molar-refractivity contribution in [1.82, 2.24) is 9.88 Å². The third kappa shape index (κ3) is 5.23. The Morgan fingerprint density at radius 1 is 1.06 bits per heavy atom. The Balaban J connectivity index is 1.33. The summed E-state index contributed by atoms with van der Waals surface area (Å²) in [5.41, 5.74) is 3.40. The molecule has 0 N–H and O–H groups in total. The van der Waals surface area contributed by atoms with Crippen LogP contribution in [-0.4, -0.2) is 48.2 Å². The minimum Gasteiger partial charge on any atom is -0.490 e. The van der Waals surface area contributed by atoms with Crippen molar-refractivity contribution < 1.29 is 14.3 Å². The van der Waals surface area contributed by atoms with Crippen molar-refractivity contribution in [3.05, 3.63) is 60.4 Å². The van der Waals surface area contributed by atoms with E-state index in [1.807, 2.05) is 37.1 Å². The Kier molecular flexibility index (Phi) is 6.82. The number of ether oxygens (including phenoxy) is 2. The highest BCUT2D eigenvalue weighted by atomic mass is 16.5. The van der Waals surface area contributed by atoms with Gasteiger partial charge in [-0.2, -0.15) is 0 Å². The van der Waals surface area contributed by atoms with E-state index in [0.29, 0.717) is 6.61 Å². The molecule has 1 aliphatic heterocycles. The number of carbonyl (C=O) groups is 1. The number of pyridine rings is 1. The highest BCUT2D eigenvalue weighted by molar-refractivity contribution is 5.88. The molecule has 1 fully saturated rings. The van der Waals surface area contributed by atoms with Crippen molar-refractivity contribution in [2.75, 3.05) is 26.3 Å². The van der Waals surface area contributed by atoms with E-state index in [9.17, 15) is 4.79 Å². The summed E-state index contributed by atoms with van der Waals surface area (Å²) in [7, 11) is 0. The first kappa shape index (κ1) is 21.3. The minimum atomic E-state index is 0.0811. The van der Waals surface area contributed by atoms with Gasteiger partial charge >= 0.3 is 0 Å². The van der Waals surface area contributed by atoms with Crippen LogP contribution in [0, 0.1) is 6.92 Å². The number of benzene rings is 2. The number of rotatable bonds is 7. The third-order valence-electron chi connectivity index (χ3n) is 5.82. The summed E-state index contributed by atoms with van der Waals surface area (Å²) in [5.74, 6) is 0.957. The number of piperidine rings is 1. The molecule has 1 aliphatic rings. The van der Waals surface area contributed by atoms with Crippen LogP contribution in [0.4, 0.5) is 0 Å². The molecule has 0 unspecified atom stereocenters. The lowest BCUT2D eigenvalue weighted by molar-refractivity contribution is -0.137. The zero-order chi connectivity index (χ0) is 21.6. The molecule has 4 rings (SSSR count). The Morgan fingerprint density at radius 3 is 2.55 bits per heavy atom. The fourth-order valence-corrected chi connectivity index (χ4v) is 4.05. The number of amides is 1. The number of likely N-dealkylation sites (tertiary alicyclic amines) is 1. The quantitative estimate of drug-likeness (QED) is 0.506. The molecule has 0 spiro atoms. The van der Waals surface area contributed by atoms with Crippen molar-refractivity contribution >= 4 is 16.7 Å². The Morgan fingerprint density at radius 2 is 1.81 bits per heavy atom. The molecule has 162 valence electrons. The number of fused-ring (bicyclic) bond motifs is 1. The van der Waals surface area contributed by atoms with Crippen LogP contribution in [0.25, 0.3) is 21.9 Å². The van der Waals surface area contributed by atoms with E-state index in [0.717, 1.165) is 49.4 Å². The Hall–Kier alpha value is -2.92. The maximum absolute atomic E-state index is 12.2. The van der Waals surface area contributed by atoms with Gasteiger partial charge in [0.15, 0.2) is 0 Å². The van der Waals surface area contributed by atoms with Gasteiger partial charge in [0.05, 0.1) is 0 Å². The molecule has 3 aromatic rings. The predicted molar refractivity (Wildman–Crippen MR) is 123 cm³/mol. The molecule has 0 radical (unpaired) electrons. The van der Waals surface area contributed by atoms with Crippen LogP contribution in [0.3, 0.4) is 0 Å². The van der Waals surface area contributed by atoms with Crippen molar-refractivity contribution in [3.8, 4) is 16.9 Å². The lowest BCUT2D eigenvalue weighted by atomic mass is 10.0. The van der Waals surface area contributed by atoms with Gasteiger partial charge in [-0.1, -0.05) is 31.2 Å². The normalized spacial score (nSPS) is 14.7. The number of hydrogen-bond acceptors (Lipinski definition) is 4.